The first-order valence-corrected chi connectivity index (χ1v) is 13.4. The summed E-state index contributed by atoms with van der Waals surface area (Å²) in [6.45, 7) is 12.9. The summed E-state index contributed by atoms with van der Waals surface area (Å²) >= 11 is 0. The second-order valence-electron chi connectivity index (χ2n) is 7.12. The molecule has 0 rings (SSSR count). The molecule has 54 heavy (non-hydrogen) atoms. The third-order valence-corrected chi connectivity index (χ3v) is 3.65. The zero-order valence-corrected chi connectivity index (χ0v) is 26.7. The lowest BCUT2D eigenvalue weighted by molar-refractivity contribution is -0.357. The maximum absolute atomic E-state index is 11.0. The standard InChI is InChI=1S/C12H26O2.C4H9FO.C4H9F.C2H2F4O.2CH2F2O.2CH2O.10CH4/c1-5-8-9-11(4)14-10-12(6-2)13-7-3;1-2-3-6-4-5;1-2-3-4-5;3-1-2(4,5)7-6;2*2-1-4-3;2*1-2;;;;;;;;;;/h11-12H,5-10H2,1-4H3;2-4H2,1H3;2-4H2,1H3;1H2;2*1H2;2*1H2;10*1H4. The van der Waals surface area contributed by atoms with Gasteiger partial charge in [-0.2, -0.15) is 18.7 Å². The van der Waals surface area contributed by atoms with Crippen LogP contribution >= 0.6 is 0 Å². The molecule has 0 aromatic rings. The molecule has 2 atom stereocenters. The Morgan fingerprint density at radius 3 is 1.11 bits per heavy atom. The predicted molar refractivity (Wildman–Crippen MR) is 215 cm³/mol. The van der Waals surface area contributed by atoms with Crippen molar-refractivity contribution in [3.05, 3.63) is 0 Å². The summed E-state index contributed by atoms with van der Waals surface area (Å²) in [7, 11) is 0. The Hall–Kier alpha value is -1.60. The SMILES string of the molecule is C.C.C.C.C.C.C.C.C.C.C=O.C=O.CCCCC(C)OCC(CC)OCC.CCCCF.CCCOCF.FCC(F)(F)OF.FCOF.FCOF. The van der Waals surface area contributed by atoms with E-state index in [0.29, 0.717) is 12.7 Å². The van der Waals surface area contributed by atoms with Crippen LogP contribution in [0.5, 0.6) is 0 Å². The molecule has 0 N–H and O–H groups in total. The maximum atomic E-state index is 11.0. The highest BCUT2D eigenvalue weighted by atomic mass is 19.4. The van der Waals surface area contributed by atoms with Crippen molar-refractivity contribution in [1.82, 2.24) is 0 Å². The van der Waals surface area contributed by atoms with E-state index in [1.807, 2.05) is 39.3 Å². The molecule has 8 nitrogen and oxygen atoms in total. The number of carbonyl (C=O) groups is 2. The number of unbranched alkanes of at least 4 members (excludes halogenated alkanes) is 2. The summed E-state index contributed by atoms with van der Waals surface area (Å²) < 4.78 is 120. The zero-order valence-electron chi connectivity index (χ0n) is 26.7. The number of halogens is 10. The molecular weight excluding hydrogens is 750 g/mol. The Morgan fingerprint density at radius 1 is 0.593 bits per heavy atom. The minimum absolute atomic E-state index is 0. The van der Waals surface area contributed by atoms with E-state index in [1.54, 1.807) is 0 Å². The first-order valence-electron chi connectivity index (χ1n) is 13.4. The second kappa shape index (κ2) is 132. The van der Waals surface area contributed by atoms with Crippen molar-refractivity contribution >= 4 is 13.6 Å². The zero-order chi connectivity index (χ0) is 36.5. The van der Waals surface area contributed by atoms with Gasteiger partial charge < -0.3 is 23.8 Å². The quantitative estimate of drug-likeness (QED) is 0.0995. The minimum atomic E-state index is -4.25. The van der Waals surface area contributed by atoms with Crippen molar-refractivity contribution in [2.24, 2.45) is 0 Å². The van der Waals surface area contributed by atoms with Crippen LogP contribution in [0.15, 0.2) is 0 Å². The number of rotatable bonds is 18. The molecule has 18 heteroatoms. The molecule has 0 saturated carbocycles. The minimum Gasteiger partial charge on any atom is -0.376 e. The first-order chi connectivity index (χ1) is 21.0. The van der Waals surface area contributed by atoms with Crippen molar-refractivity contribution in [2.45, 2.75) is 179 Å². The second-order valence-corrected chi connectivity index (χ2v) is 7.12. The van der Waals surface area contributed by atoms with E-state index in [0.717, 1.165) is 38.9 Å². The average molecular weight is 845 g/mol. The molecule has 356 valence electrons. The van der Waals surface area contributed by atoms with Crippen LogP contribution in [0.1, 0.15) is 161 Å². The van der Waals surface area contributed by atoms with Gasteiger partial charge >= 0.3 is 6.11 Å². The van der Waals surface area contributed by atoms with Crippen LogP contribution in [0.4, 0.5) is 44.3 Å². The van der Waals surface area contributed by atoms with Crippen LogP contribution in [-0.2, 0) is 38.6 Å². The third kappa shape index (κ3) is 191. The normalized spacial score (nSPS) is 8.59. The number of hydrogen-bond acceptors (Lipinski definition) is 8. The third-order valence-electron chi connectivity index (χ3n) is 3.65. The monoisotopic (exact) mass is 845 g/mol. The average Bonchev–Trinajstić information content (AvgIpc) is 3.07. The van der Waals surface area contributed by atoms with Gasteiger partial charge in [0.15, 0.2) is 13.5 Å². The molecule has 0 heterocycles. The summed E-state index contributed by atoms with van der Waals surface area (Å²) in [6.07, 6.45) is 3.70. The molecule has 2 unspecified atom stereocenters. The van der Waals surface area contributed by atoms with Crippen LogP contribution in [-0.4, -0.2) is 85.6 Å². The number of ether oxygens (including phenoxy) is 3. The van der Waals surface area contributed by atoms with Gasteiger partial charge in [-0.1, -0.05) is 121 Å². The van der Waals surface area contributed by atoms with Crippen LogP contribution in [0.2, 0.25) is 0 Å². The Balaban J connectivity index is -0.0000000179. The van der Waals surface area contributed by atoms with E-state index < -0.39 is 33.4 Å². The van der Waals surface area contributed by atoms with Crippen molar-refractivity contribution < 1.29 is 82.9 Å². The van der Waals surface area contributed by atoms with E-state index in [1.165, 1.54) is 19.3 Å². The van der Waals surface area contributed by atoms with E-state index in [2.05, 4.69) is 35.4 Å². The Morgan fingerprint density at radius 2 is 0.963 bits per heavy atom. The number of carbonyl (C=O) groups excluding carboxylic acids is 2. The van der Waals surface area contributed by atoms with Gasteiger partial charge in [-0.05, 0) is 53.1 Å². The lowest BCUT2D eigenvalue weighted by atomic mass is 10.2. The van der Waals surface area contributed by atoms with Crippen molar-refractivity contribution in [3.63, 3.8) is 0 Å². The Bertz CT molecular complexity index is 400. The molecule has 0 aromatic heterocycles. The predicted octanol–water partition coefficient (Wildman–Crippen LogP) is 15.6. The van der Waals surface area contributed by atoms with Crippen LogP contribution in [0.3, 0.4) is 0 Å². The lowest BCUT2D eigenvalue weighted by Crippen LogP contribution is -2.22. The van der Waals surface area contributed by atoms with Gasteiger partial charge in [0, 0.05) is 13.2 Å². The van der Waals surface area contributed by atoms with Crippen molar-refractivity contribution in [2.75, 3.05) is 53.8 Å². The topological polar surface area (TPSA) is 89.5 Å². The van der Waals surface area contributed by atoms with E-state index >= 15 is 0 Å². The lowest BCUT2D eigenvalue weighted by Gasteiger charge is -2.18. The summed E-state index contributed by atoms with van der Waals surface area (Å²) in [6, 6.07) is 0. The van der Waals surface area contributed by atoms with E-state index in [-0.39, 0.29) is 87.0 Å². The molecule has 0 aliphatic carbocycles. The van der Waals surface area contributed by atoms with E-state index in [4.69, 9.17) is 19.1 Å². The van der Waals surface area contributed by atoms with Gasteiger partial charge in [0.1, 0.15) is 13.6 Å². The summed E-state index contributed by atoms with van der Waals surface area (Å²) in [4.78, 5) is 22.6. The molecule has 0 amide bonds. The van der Waals surface area contributed by atoms with Crippen LogP contribution in [0, 0.1) is 0 Å². The van der Waals surface area contributed by atoms with Gasteiger partial charge in [0.2, 0.25) is 13.7 Å². The molecular formula is C36H94F10O8. The number of alkyl halides is 7. The molecule has 0 bridgehead atoms. The fourth-order valence-corrected chi connectivity index (χ4v) is 1.72. The molecule has 0 aliphatic rings. The molecule has 0 radical (unpaired) electrons. The van der Waals surface area contributed by atoms with Crippen LogP contribution in [0.25, 0.3) is 0 Å². The highest BCUT2D eigenvalue weighted by Crippen LogP contribution is 2.14. The summed E-state index contributed by atoms with van der Waals surface area (Å²) in [5.41, 5.74) is 0. The number of hydrogen-bond donors (Lipinski definition) is 0. The molecule has 0 aliphatic heterocycles. The van der Waals surface area contributed by atoms with Crippen molar-refractivity contribution in [1.29, 1.82) is 0 Å². The van der Waals surface area contributed by atoms with Gasteiger partial charge in [-0.15, -0.1) is 4.94 Å². The molecule has 0 aromatic carbocycles. The van der Waals surface area contributed by atoms with Crippen LogP contribution < -0.4 is 0 Å². The largest absolute Gasteiger partial charge is 0.413 e. The summed E-state index contributed by atoms with van der Waals surface area (Å²) in [5, 5.41) is 0. The highest BCUT2D eigenvalue weighted by molar-refractivity contribution is 5.11. The van der Waals surface area contributed by atoms with Gasteiger partial charge in [-0.3, -0.25) is 4.39 Å². The molecule has 0 saturated heterocycles. The fourth-order valence-electron chi connectivity index (χ4n) is 1.72. The molecule has 0 fully saturated rings. The Labute approximate surface area is 329 Å². The van der Waals surface area contributed by atoms with Gasteiger partial charge in [0.25, 0.3) is 0 Å². The fraction of sp³-hybridized carbons (Fsp3) is 0.944. The van der Waals surface area contributed by atoms with Gasteiger partial charge in [0.05, 0.1) is 25.5 Å². The van der Waals surface area contributed by atoms with Gasteiger partial charge in [-0.25, -0.2) is 17.6 Å². The first kappa shape index (κ1) is 117. The van der Waals surface area contributed by atoms with Crippen molar-refractivity contribution in [3.8, 4) is 0 Å². The van der Waals surface area contributed by atoms with E-state index in [9.17, 15) is 44.3 Å². The smallest absolute Gasteiger partial charge is 0.376 e. The summed E-state index contributed by atoms with van der Waals surface area (Å²) in [5.74, 6) is 0. The molecule has 0 spiro atoms. The maximum Gasteiger partial charge on any atom is 0.413 e. The highest BCUT2D eigenvalue weighted by Gasteiger charge is 2.31. The Kier molecular flexibility index (Phi) is 287.